The summed E-state index contributed by atoms with van der Waals surface area (Å²) in [7, 11) is 5.47. The summed E-state index contributed by atoms with van der Waals surface area (Å²) in [5, 5.41) is 28.0. The highest BCUT2D eigenvalue weighted by molar-refractivity contribution is 6.24. The average Bonchev–Trinajstić information content (AvgIpc) is 3.59. The molecule has 0 aliphatic heterocycles. The molecule has 4 aliphatic rings. The predicted molar refractivity (Wildman–Crippen MR) is 252 cm³/mol. The van der Waals surface area contributed by atoms with Crippen molar-refractivity contribution >= 4 is 13.4 Å². The fraction of sp³-hybridized carbons (Fsp3) is 0.382. The molecule has 1 spiro atoms. The molecule has 4 aromatic carbocycles. The Morgan fingerprint density at radius 3 is 1.92 bits per heavy atom. The third kappa shape index (κ3) is 9.04. The summed E-state index contributed by atoms with van der Waals surface area (Å²) in [5.74, 6) is -0.0320. The molecule has 8 rings (SSSR count). The monoisotopic (exact) mass is 787 g/mol. The molecule has 2 radical (unpaired) electrons. The fourth-order valence-corrected chi connectivity index (χ4v) is 10.2. The van der Waals surface area contributed by atoms with Gasteiger partial charge < -0.3 is 15.3 Å². The third-order valence-corrected chi connectivity index (χ3v) is 13.2. The number of fused-ring (bicyclic) bond motifs is 4. The van der Waals surface area contributed by atoms with Gasteiger partial charge in [-0.05, 0) is 132 Å². The minimum atomic E-state index is -1.04. The van der Waals surface area contributed by atoms with Crippen molar-refractivity contribution in [2.45, 2.75) is 124 Å². The van der Waals surface area contributed by atoms with Gasteiger partial charge in [-0.15, -0.1) is 13.2 Å². The molecule has 3 nitrogen and oxygen atoms in total. The van der Waals surface area contributed by atoms with Crippen molar-refractivity contribution in [1.29, 1.82) is 0 Å². The van der Waals surface area contributed by atoms with Gasteiger partial charge in [-0.2, -0.15) is 0 Å². The Hall–Kier alpha value is -4.80. The molecule has 0 saturated carbocycles. The van der Waals surface area contributed by atoms with Crippen LogP contribution in [0.2, 0.25) is 0 Å². The number of aliphatic hydroxyl groups is 3. The summed E-state index contributed by atoms with van der Waals surface area (Å²) >= 11 is 0. The molecule has 0 amide bonds. The lowest BCUT2D eigenvalue weighted by atomic mass is 9.72. The van der Waals surface area contributed by atoms with Crippen LogP contribution in [-0.2, 0) is 16.2 Å². The highest BCUT2D eigenvalue weighted by Crippen LogP contribution is 2.63. The van der Waals surface area contributed by atoms with Crippen LogP contribution in [-0.4, -0.2) is 29.3 Å². The minimum absolute atomic E-state index is 0.0576. The third-order valence-electron chi connectivity index (χ3n) is 13.2. The van der Waals surface area contributed by atoms with E-state index in [4.69, 9.17) is 7.85 Å². The van der Waals surface area contributed by atoms with Crippen LogP contribution in [0.3, 0.4) is 0 Å². The predicted octanol–water partition coefficient (Wildman–Crippen LogP) is 14.0. The van der Waals surface area contributed by atoms with Crippen molar-refractivity contribution in [3.63, 3.8) is 0 Å². The smallest absolute Gasteiger partial charge is 0.124 e. The normalized spacial score (nSPS) is 23.3. The van der Waals surface area contributed by atoms with E-state index in [-0.39, 0.29) is 33.2 Å². The van der Waals surface area contributed by atoms with E-state index in [1.54, 1.807) is 30.5 Å². The number of aryl methyl sites for hydroxylation is 2. The maximum atomic E-state index is 9.35. The van der Waals surface area contributed by atoms with E-state index in [2.05, 4.69) is 172 Å². The number of hydrogen-bond donors (Lipinski definition) is 3. The Morgan fingerprint density at radius 1 is 0.695 bits per heavy atom. The first-order chi connectivity index (χ1) is 27.9. The highest BCUT2D eigenvalue weighted by atomic mass is 16.3. The van der Waals surface area contributed by atoms with E-state index in [1.165, 1.54) is 76.6 Å². The van der Waals surface area contributed by atoms with Gasteiger partial charge in [-0.3, -0.25) is 0 Å². The lowest BCUT2D eigenvalue weighted by Crippen LogP contribution is -2.28. The van der Waals surface area contributed by atoms with Gasteiger partial charge >= 0.3 is 0 Å². The van der Waals surface area contributed by atoms with Gasteiger partial charge in [0, 0.05) is 11.3 Å². The lowest BCUT2D eigenvalue weighted by molar-refractivity contribution is 0.0920. The van der Waals surface area contributed by atoms with Crippen molar-refractivity contribution in [2.24, 2.45) is 11.8 Å². The molecule has 0 heterocycles. The van der Waals surface area contributed by atoms with Crippen LogP contribution >= 0.6 is 0 Å². The topological polar surface area (TPSA) is 60.7 Å². The number of allylic oxidation sites excluding steroid dienone is 6. The largest absolute Gasteiger partial charge is 0.513 e. The van der Waals surface area contributed by atoms with Crippen LogP contribution in [0.4, 0.5) is 0 Å². The Kier molecular flexibility index (Phi) is 14.0. The first-order valence-electron chi connectivity index (χ1n) is 21.4. The summed E-state index contributed by atoms with van der Waals surface area (Å²) in [6.45, 7) is 27.8. The van der Waals surface area contributed by atoms with Gasteiger partial charge in [-0.25, -0.2) is 0 Å². The van der Waals surface area contributed by atoms with Crippen molar-refractivity contribution in [2.75, 3.05) is 0 Å². The van der Waals surface area contributed by atoms with Crippen molar-refractivity contribution < 1.29 is 15.3 Å². The zero-order valence-electron chi connectivity index (χ0n) is 37.4. The minimum Gasteiger partial charge on any atom is -0.513 e. The fourth-order valence-electron chi connectivity index (χ4n) is 10.2. The van der Waals surface area contributed by atoms with Gasteiger partial charge in [0.15, 0.2) is 0 Å². The molecule has 4 heteroatoms. The second kappa shape index (κ2) is 18.2. The maximum Gasteiger partial charge on any atom is 0.124 e. The Morgan fingerprint density at radius 2 is 1.29 bits per heavy atom. The van der Waals surface area contributed by atoms with Crippen LogP contribution in [0.1, 0.15) is 126 Å². The molecule has 0 bridgehead atoms. The molecule has 0 aromatic heterocycles. The SMILES string of the molecule is C=C.CCCC1CC(C)=CC=C1c1ccccc1C.Cc1cccc(-c2ccc3c(c2)C2(CC(C)(C)c4ccccc42)CC3(C)C)c1.[B]C1=C(O)C(C)C(O)C(O)=C1C. The summed E-state index contributed by atoms with van der Waals surface area (Å²) in [4.78, 5) is 0. The number of benzene rings is 4. The van der Waals surface area contributed by atoms with Gasteiger partial charge in [-0.1, -0.05) is 162 Å². The summed E-state index contributed by atoms with van der Waals surface area (Å²) < 4.78 is 0. The molecule has 4 atom stereocenters. The summed E-state index contributed by atoms with van der Waals surface area (Å²) in [6, 6.07) is 34.1. The van der Waals surface area contributed by atoms with Gasteiger partial charge in [0.2, 0.25) is 0 Å². The molecule has 4 aromatic rings. The molecular formula is C55H67BO3. The maximum absolute atomic E-state index is 9.35. The van der Waals surface area contributed by atoms with E-state index in [0.29, 0.717) is 11.5 Å². The molecular weight excluding hydrogens is 719 g/mol. The van der Waals surface area contributed by atoms with Crippen molar-refractivity contribution in [3.8, 4) is 11.1 Å². The average molecular weight is 787 g/mol. The number of aliphatic hydroxyl groups excluding tert-OH is 3. The molecule has 4 aliphatic carbocycles. The first kappa shape index (κ1) is 45.3. The van der Waals surface area contributed by atoms with Gasteiger partial charge in [0.1, 0.15) is 19.7 Å². The number of rotatable bonds is 4. The quantitative estimate of drug-likeness (QED) is 0.143. The molecule has 0 fully saturated rings. The zero-order valence-corrected chi connectivity index (χ0v) is 37.4. The van der Waals surface area contributed by atoms with Crippen LogP contribution < -0.4 is 0 Å². The van der Waals surface area contributed by atoms with E-state index in [9.17, 15) is 15.3 Å². The second-order valence-corrected chi connectivity index (χ2v) is 18.6. The Labute approximate surface area is 357 Å². The van der Waals surface area contributed by atoms with E-state index in [1.807, 2.05) is 0 Å². The summed E-state index contributed by atoms with van der Waals surface area (Å²) in [6.07, 6.45) is 9.77. The Bertz CT molecular complexity index is 2250. The first-order valence-corrected chi connectivity index (χ1v) is 21.4. The van der Waals surface area contributed by atoms with E-state index in [0.717, 1.165) is 0 Å². The molecule has 59 heavy (non-hydrogen) atoms. The van der Waals surface area contributed by atoms with Crippen molar-refractivity contribution in [1.82, 2.24) is 0 Å². The molecule has 3 N–H and O–H groups in total. The van der Waals surface area contributed by atoms with Crippen LogP contribution in [0.5, 0.6) is 0 Å². The van der Waals surface area contributed by atoms with Crippen LogP contribution in [0.25, 0.3) is 16.7 Å². The Balaban J connectivity index is 0.000000182. The van der Waals surface area contributed by atoms with Crippen LogP contribution in [0, 0.1) is 25.7 Å². The van der Waals surface area contributed by atoms with Gasteiger partial charge in [0.25, 0.3) is 0 Å². The second-order valence-electron chi connectivity index (χ2n) is 18.6. The standard InChI is InChI=1S/C28H30.C17H22.C8H11BO3.C2H4/c1-19-9-8-10-20(15-19)21-13-14-23-25(16-21)28(18-27(23,4)5)17-26(2,3)22-11-6-7-12-24(22)28;1-4-7-15-12-13(2)10-11-17(15)16-9-6-5-8-14(16)3;1-3-5(9)6(10)4(2)8(12)7(3)11;1-2/h6-16H,17-18H2,1-5H3;5-6,8-11,15H,4,7,12H2,1-3H3;4,8,10-12H,1-2H3;1-2H2. The summed E-state index contributed by atoms with van der Waals surface area (Å²) in [5.41, 5.74) is 17.1. The van der Waals surface area contributed by atoms with E-state index >= 15 is 0 Å². The van der Waals surface area contributed by atoms with Crippen molar-refractivity contribution in [3.05, 3.63) is 183 Å². The molecule has 308 valence electrons. The van der Waals surface area contributed by atoms with E-state index < -0.39 is 12.0 Å². The highest BCUT2D eigenvalue weighted by Gasteiger charge is 2.56. The zero-order chi connectivity index (χ0) is 43.4. The lowest BCUT2D eigenvalue weighted by Gasteiger charge is -2.30. The van der Waals surface area contributed by atoms with Gasteiger partial charge in [0.05, 0.1) is 5.76 Å². The molecule has 4 unspecified atom stereocenters. The molecule has 0 saturated heterocycles. The van der Waals surface area contributed by atoms with Crippen LogP contribution in [0.15, 0.2) is 144 Å². The number of hydrogen-bond acceptors (Lipinski definition) is 3.